The number of hydrogen-bond acceptors (Lipinski definition) is 5. The Morgan fingerprint density at radius 2 is 2.20 bits per heavy atom. The van der Waals surface area contributed by atoms with Crippen LogP contribution >= 0.6 is 15.9 Å². The second-order valence-electron chi connectivity index (χ2n) is 2.62. The van der Waals surface area contributed by atoms with E-state index in [2.05, 4.69) is 25.9 Å². The lowest BCUT2D eigenvalue weighted by atomic mass is 10.5. The van der Waals surface area contributed by atoms with Gasteiger partial charge in [0.05, 0.1) is 12.4 Å². The molecule has 0 saturated heterocycles. The number of nitrogens with zero attached hydrogens (tertiary/aromatic N) is 2. The SMILES string of the molecule is O=S1(=O)C(Br)=CN=C1Oc1cccnc1. The third-order valence-electron chi connectivity index (χ3n) is 1.60. The molecule has 0 bridgehead atoms. The summed E-state index contributed by atoms with van der Waals surface area (Å²) in [6.07, 6.45) is 4.15. The van der Waals surface area contributed by atoms with Crippen LogP contribution in [0, 0.1) is 0 Å². The Morgan fingerprint density at radius 3 is 2.73 bits per heavy atom. The molecule has 0 aliphatic carbocycles. The topological polar surface area (TPSA) is 68.6 Å². The van der Waals surface area contributed by atoms with Crippen LogP contribution in [0.25, 0.3) is 0 Å². The Kier molecular flexibility index (Phi) is 2.57. The lowest BCUT2D eigenvalue weighted by Crippen LogP contribution is -2.17. The minimum atomic E-state index is -3.59. The highest BCUT2D eigenvalue weighted by Crippen LogP contribution is 2.24. The van der Waals surface area contributed by atoms with E-state index in [1.165, 1.54) is 12.4 Å². The number of aromatic nitrogens is 1. The van der Waals surface area contributed by atoms with E-state index >= 15 is 0 Å². The van der Waals surface area contributed by atoms with Crippen LogP contribution in [0.15, 0.2) is 39.5 Å². The highest BCUT2D eigenvalue weighted by atomic mass is 79.9. The van der Waals surface area contributed by atoms with Crippen molar-refractivity contribution in [3.8, 4) is 5.75 Å². The van der Waals surface area contributed by atoms with Crippen molar-refractivity contribution in [2.75, 3.05) is 0 Å². The molecule has 1 aromatic rings. The molecule has 0 unspecified atom stereocenters. The summed E-state index contributed by atoms with van der Waals surface area (Å²) in [6.45, 7) is 0. The fourth-order valence-electron chi connectivity index (χ4n) is 0.915. The molecule has 15 heavy (non-hydrogen) atoms. The van der Waals surface area contributed by atoms with Crippen LogP contribution in [0.4, 0.5) is 0 Å². The van der Waals surface area contributed by atoms with E-state index in [1.54, 1.807) is 18.3 Å². The monoisotopic (exact) mass is 288 g/mol. The average Bonchev–Trinajstić information content (AvgIpc) is 2.47. The van der Waals surface area contributed by atoms with Crippen LogP contribution in [0.2, 0.25) is 0 Å². The first kappa shape index (κ1) is 10.3. The second-order valence-corrected chi connectivity index (χ2v) is 5.80. The quantitative estimate of drug-likeness (QED) is 0.784. The second kappa shape index (κ2) is 3.74. The van der Waals surface area contributed by atoms with Gasteiger partial charge in [0.15, 0.2) is 0 Å². The largest absolute Gasteiger partial charge is 0.428 e. The van der Waals surface area contributed by atoms with Gasteiger partial charge >= 0.3 is 5.23 Å². The van der Waals surface area contributed by atoms with Crippen molar-refractivity contribution >= 4 is 31.0 Å². The highest BCUT2D eigenvalue weighted by molar-refractivity contribution is 9.14. The zero-order chi connectivity index (χ0) is 10.9. The molecule has 0 amide bonds. The van der Waals surface area contributed by atoms with Gasteiger partial charge in [-0.3, -0.25) is 4.98 Å². The minimum absolute atomic E-state index is 0.00566. The summed E-state index contributed by atoms with van der Waals surface area (Å²) >= 11 is 2.88. The minimum Gasteiger partial charge on any atom is -0.428 e. The molecule has 1 aliphatic rings. The zero-order valence-electron chi connectivity index (χ0n) is 7.29. The van der Waals surface area contributed by atoms with Crippen molar-refractivity contribution in [3.63, 3.8) is 0 Å². The molecule has 1 aliphatic heterocycles. The van der Waals surface area contributed by atoms with E-state index in [-0.39, 0.29) is 9.04 Å². The Hall–Kier alpha value is -1.21. The van der Waals surface area contributed by atoms with Gasteiger partial charge in [-0.2, -0.15) is 0 Å². The Labute approximate surface area is 94.6 Å². The van der Waals surface area contributed by atoms with E-state index in [0.717, 1.165) is 0 Å². The molecule has 0 fully saturated rings. The third kappa shape index (κ3) is 1.93. The molecular weight excluding hydrogens is 284 g/mol. The summed E-state index contributed by atoms with van der Waals surface area (Å²) in [4.78, 5) is 7.42. The molecule has 2 heterocycles. The summed E-state index contributed by atoms with van der Waals surface area (Å²) in [6, 6.07) is 3.23. The van der Waals surface area contributed by atoms with Crippen molar-refractivity contribution < 1.29 is 13.2 Å². The number of aliphatic imine (C=N–C) groups is 1. The van der Waals surface area contributed by atoms with Gasteiger partial charge < -0.3 is 4.74 Å². The highest BCUT2D eigenvalue weighted by Gasteiger charge is 2.30. The van der Waals surface area contributed by atoms with Gasteiger partial charge in [0.1, 0.15) is 9.56 Å². The van der Waals surface area contributed by atoms with Gasteiger partial charge in [-0.25, -0.2) is 13.4 Å². The predicted octanol–water partition coefficient (Wildman–Crippen LogP) is 1.44. The van der Waals surface area contributed by atoms with Crippen molar-refractivity contribution in [2.45, 2.75) is 0 Å². The van der Waals surface area contributed by atoms with Gasteiger partial charge in [0.25, 0.3) is 9.84 Å². The first-order chi connectivity index (χ1) is 7.10. The van der Waals surface area contributed by atoms with Gasteiger partial charge in [-0.15, -0.1) is 0 Å². The zero-order valence-corrected chi connectivity index (χ0v) is 9.69. The lowest BCUT2D eigenvalue weighted by Gasteiger charge is -2.03. The van der Waals surface area contributed by atoms with Crippen molar-refractivity contribution in [2.24, 2.45) is 4.99 Å². The Balaban J connectivity index is 2.25. The van der Waals surface area contributed by atoms with Crippen LogP contribution < -0.4 is 4.74 Å². The normalized spacial score (nSPS) is 18.2. The van der Waals surface area contributed by atoms with Crippen LogP contribution in [0.3, 0.4) is 0 Å². The first-order valence-corrected chi connectivity index (χ1v) is 6.15. The standard InChI is InChI=1S/C8H5BrN2O3S/c9-7-5-11-8(15(7,12)13)14-6-2-1-3-10-4-6/h1-5H. The molecule has 0 N–H and O–H groups in total. The molecule has 0 spiro atoms. The predicted molar refractivity (Wildman–Crippen MR) is 58.2 cm³/mol. The number of halogens is 1. The van der Waals surface area contributed by atoms with E-state index in [0.29, 0.717) is 5.75 Å². The molecule has 0 saturated carbocycles. The average molecular weight is 289 g/mol. The Morgan fingerprint density at radius 1 is 1.40 bits per heavy atom. The maximum atomic E-state index is 11.5. The maximum Gasteiger partial charge on any atom is 0.320 e. The molecule has 7 heteroatoms. The molecule has 78 valence electrons. The fraction of sp³-hybridized carbons (Fsp3) is 0. The number of rotatable bonds is 1. The van der Waals surface area contributed by atoms with Crippen molar-refractivity contribution in [1.82, 2.24) is 4.98 Å². The van der Waals surface area contributed by atoms with Gasteiger partial charge in [-0.05, 0) is 28.1 Å². The third-order valence-corrected chi connectivity index (χ3v) is 4.35. The van der Waals surface area contributed by atoms with E-state index in [4.69, 9.17) is 4.74 Å². The molecule has 0 atom stereocenters. The number of pyridine rings is 1. The first-order valence-electron chi connectivity index (χ1n) is 3.87. The lowest BCUT2D eigenvalue weighted by molar-refractivity contribution is 0.547. The van der Waals surface area contributed by atoms with Gasteiger partial charge in [-0.1, -0.05) is 0 Å². The summed E-state index contributed by atoms with van der Waals surface area (Å²) in [5, 5.41) is -0.345. The van der Waals surface area contributed by atoms with E-state index in [1.807, 2.05) is 0 Å². The molecule has 0 aromatic carbocycles. The molecule has 1 aromatic heterocycles. The summed E-state index contributed by atoms with van der Waals surface area (Å²) in [7, 11) is -3.59. The summed E-state index contributed by atoms with van der Waals surface area (Å²) in [5.74, 6) is 0.329. The summed E-state index contributed by atoms with van der Waals surface area (Å²) in [5.41, 5.74) is 0. The number of sulfone groups is 1. The molecule has 0 radical (unpaired) electrons. The van der Waals surface area contributed by atoms with Gasteiger partial charge in [0, 0.05) is 6.20 Å². The smallest absolute Gasteiger partial charge is 0.320 e. The summed E-state index contributed by atoms with van der Waals surface area (Å²) < 4.78 is 28.1. The van der Waals surface area contributed by atoms with Crippen molar-refractivity contribution in [1.29, 1.82) is 0 Å². The van der Waals surface area contributed by atoms with Crippen LogP contribution in [-0.4, -0.2) is 18.6 Å². The van der Waals surface area contributed by atoms with Crippen LogP contribution in [0.1, 0.15) is 0 Å². The number of ether oxygens (including phenoxy) is 1. The van der Waals surface area contributed by atoms with Gasteiger partial charge in [0.2, 0.25) is 0 Å². The number of hydrogen-bond donors (Lipinski definition) is 0. The van der Waals surface area contributed by atoms with Crippen LogP contribution in [-0.2, 0) is 9.84 Å². The fourth-order valence-corrected chi connectivity index (χ4v) is 2.19. The van der Waals surface area contributed by atoms with Crippen LogP contribution in [0.5, 0.6) is 5.75 Å². The van der Waals surface area contributed by atoms with Crippen molar-refractivity contribution in [3.05, 3.63) is 34.5 Å². The Bertz CT molecular complexity index is 536. The molecule has 2 rings (SSSR count). The van der Waals surface area contributed by atoms with E-state index in [9.17, 15) is 8.42 Å². The van der Waals surface area contributed by atoms with E-state index < -0.39 is 9.84 Å². The maximum absolute atomic E-state index is 11.5. The molecular formula is C8H5BrN2O3S. The molecule has 5 nitrogen and oxygen atoms in total.